The number of benzene rings is 2. The normalized spacial score (nSPS) is 10.9. The van der Waals surface area contributed by atoms with E-state index in [4.69, 9.17) is 14.7 Å². The van der Waals surface area contributed by atoms with Gasteiger partial charge in [0.15, 0.2) is 0 Å². The molecule has 0 saturated heterocycles. The number of rotatable bonds is 5. The molecule has 0 atom stereocenters. The summed E-state index contributed by atoms with van der Waals surface area (Å²) >= 11 is 0. The summed E-state index contributed by atoms with van der Waals surface area (Å²) in [6.45, 7) is 2.39. The van der Waals surface area contributed by atoms with Gasteiger partial charge in [-0.05, 0) is 31.2 Å². The lowest BCUT2D eigenvalue weighted by Crippen LogP contribution is -2.08. The van der Waals surface area contributed by atoms with Crippen molar-refractivity contribution in [1.82, 2.24) is 0 Å². The number of nitrogens with zero attached hydrogens (tertiary/aromatic N) is 1. The van der Waals surface area contributed by atoms with Gasteiger partial charge in [0.25, 0.3) is 0 Å². The molecule has 0 aliphatic heterocycles. The van der Waals surface area contributed by atoms with Crippen molar-refractivity contribution in [3.8, 4) is 17.6 Å². The second-order valence-corrected chi connectivity index (χ2v) is 4.65. The van der Waals surface area contributed by atoms with Crippen LogP contribution >= 0.6 is 0 Å². The van der Waals surface area contributed by atoms with E-state index in [0.29, 0.717) is 12.4 Å². The van der Waals surface area contributed by atoms with E-state index in [1.165, 1.54) is 12.1 Å². The monoisotopic (exact) mass is 321 g/mol. The number of ether oxygens (including phenoxy) is 2. The van der Waals surface area contributed by atoms with Crippen LogP contribution in [0.3, 0.4) is 0 Å². The first-order chi connectivity index (χ1) is 11.0. The Kier molecular flexibility index (Phi) is 5.12. The molecule has 0 amide bonds. The highest BCUT2D eigenvalue weighted by Gasteiger charge is 2.34. The maximum Gasteiger partial charge on any atom is 0.417 e. The fourth-order valence-corrected chi connectivity index (χ4v) is 2.03. The highest BCUT2D eigenvalue weighted by atomic mass is 19.4. The van der Waals surface area contributed by atoms with Crippen LogP contribution in [0.5, 0.6) is 11.5 Å². The quantitative estimate of drug-likeness (QED) is 0.811. The average molecular weight is 321 g/mol. The van der Waals surface area contributed by atoms with Crippen LogP contribution in [-0.2, 0) is 12.8 Å². The van der Waals surface area contributed by atoms with Crippen LogP contribution in [0.25, 0.3) is 0 Å². The van der Waals surface area contributed by atoms with Crippen LogP contribution in [-0.4, -0.2) is 6.61 Å². The van der Waals surface area contributed by atoms with Gasteiger partial charge >= 0.3 is 6.18 Å². The molecule has 0 aliphatic carbocycles. The number of nitriles is 1. The van der Waals surface area contributed by atoms with Gasteiger partial charge in [-0.1, -0.05) is 18.2 Å². The third kappa shape index (κ3) is 4.16. The molecular formula is C17H14F3NO2. The molecule has 6 heteroatoms. The molecule has 3 nitrogen and oxygen atoms in total. The summed E-state index contributed by atoms with van der Waals surface area (Å²) in [5.41, 5.74) is -0.706. The smallest absolute Gasteiger partial charge is 0.417 e. The van der Waals surface area contributed by atoms with Crippen molar-refractivity contribution in [3.05, 3.63) is 59.2 Å². The van der Waals surface area contributed by atoms with Gasteiger partial charge in [-0.25, -0.2) is 0 Å². The Hall–Kier alpha value is -2.68. The summed E-state index contributed by atoms with van der Waals surface area (Å²) in [7, 11) is 0. The predicted octanol–water partition coefficient (Wildman–Crippen LogP) is 4.55. The van der Waals surface area contributed by atoms with E-state index >= 15 is 0 Å². The number of para-hydroxylation sites is 1. The van der Waals surface area contributed by atoms with Crippen LogP contribution in [0.2, 0.25) is 0 Å². The van der Waals surface area contributed by atoms with Crippen LogP contribution < -0.4 is 9.47 Å². The molecule has 0 fully saturated rings. The molecule has 0 bridgehead atoms. The van der Waals surface area contributed by atoms with E-state index < -0.39 is 17.3 Å². The van der Waals surface area contributed by atoms with Crippen LogP contribution in [0.1, 0.15) is 23.6 Å². The summed E-state index contributed by atoms with van der Waals surface area (Å²) in [6, 6.07) is 12.0. The zero-order chi connectivity index (χ0) is 16.9. The van der Waals surface area contributed by atoms with Gasteiger partial charge in [0, 0.05) is 5.56 Å². The SMILES string of the molecule is CCOc1ccccc1COc1ccc(C#N)c(C(F)(F)F)c1. The van der Waals surface area contributed by atoms with Crippen molar-refractivity contribution in [3.63, 3.8) is 0 Å². The molecule has 0 aromatic heterocycles. The van der Waals surface area contributed by atoms with Gasteiger partial charge in [-0.3, -0.25) is 0 Å². The van der Waals surface area contributed by atoms with Crippen molar-refractivity contribution in [2.24, 2.45) is 0 Å². The Morgan fingerprint density at radius 1 is 1.09 bits per heavy atom. The van der Waals surface area contributed by atoms with E-state index in [2.05, 4.69) is 0 Å². The standard InChI is InChI=1S/C17H14F3NO2/c1-2-22-16-6-4-3-5-13(16)11-23-14-8-7-12(10-21)15(9-14)17(18,19)20/h3-9H,2,11H2,1H3. The topological polar surface area (TPSA) is 42.2 Å². The van der Waals surface area contributed by atoms with E-state index in [1.54, 1.807) is 24.3 Å². The molecule has 2 aromatic rings. The largest absolute Gasteiger partial charge is 0.493 e. The summed E-state index contributed by atoms with van der Waals surface area (Å²) < 4.78 is 49.6. The summed E-state index contributed by atoms with van der Waals surface area (Å²) in [5, 5.41) is 8.77. The van der Waals surface area contributed by atoms with Gasteiger partial charge in [-0.2, -0.15) is 18.4 Å². The van der Waals surface area contributed by atoms with Gasteiger partial charge in [-0.15, -0.1) is 0 Å². The van der Waals surface area contributed by atoms with E-state index in [-0.39, 0.29) is 12.4 Å². The molecular weight excluding hydrogens is 307 g/mol. The van der Waals surface area contributed by atoms with Gasteiger partial charge in [0.1, 0.15) is 18.1 Å². The Morgan fingerprint density at radius 2 is 1.83 bits per heavy atom. The first-order valence-corrected chi connectivity index (χ1v) is 6.90. The van der Waals surface area contributed by atoms with E-state index in [0.717, 1.165) is 17.7 Å². The van der Waals surface area contributed by atoms with E-state index in [9.17, 15) is 13.2 Å². The lowest BCUT2D eigenvalue weighted by Gasteiger charge is -2.13. The van der Waals surface area contributed by atoms with E-state index in [1.807, 2.05) is 6.92 Å². The third-order valence-electron chi connectivity index (χ3n) is 3.08. The Balaban J connectivity index is 2.21. The molecule has 0 heterocycles. The molecule has 23 heavy (non-hydrogen) atoms. The molecule has 0 saturated carbocycles. The minimum absolute atomic E-state index is 0.0441. The second-order valence-electron chi connectivity index (χ2n) is 4.65. The fourth-order valence-electron chi connectivity index (χ4n) is 2.03. The first kappa shape index (κ1) is 16.7. The van der Waals surface area contributed by atoms with Gasteiger partial charge < -0.3 is 9.47 Å². The molecule has 0 N–H and O–H groups in total. The molecule has 0 unspecified atom stereocenters. The molecule has 0 spiro atoms. The lowest BCUT2D eigenvalue weighted by molar-refractivity contribution is -0.137. The summed E-state index contributed by atoms with van der Waals surface area (Å²) in [6.07, 6.45) is -4.60. The molecule has 0 radical (unpaired) electrons. The molecule has 2 aromatic carbocycles. The van der Waals surface area contributed by atoms with Crippen molar-refractivity contribution in [2.75, 3.05) is 6.61 Å². The number of halogens is 3. The lowest BCUT2D eigenvalue weighted by atomic mass is 10.1. The first-order valence-electron chi connectivity index (χ1n) is 6.90. The summed E-state index contributed by atoms with van der Waals surface area (Å²) in [5.74, 6) is 0.669. The van der Waals surface area contributed by atoms with Gasteiger partial charge in [0.2, 0.25) is 0 Å². The van der Waals surface area contributed by atoms with Crippen LogP contribution in [0.4, 0.5) is 13.2 Å². The highest BCUT2D eigenvalue weighted by molar-refractivity contribution is 5.44. The van der Waals surface area contributed by atoms with Crippen molar-refractivity contribution >= 4 is 0 Å². The van der Waals surface area contributed by atoms with Crippen molar-refractivity contribution < 1.29 is 22.6 Å². The molecule has 120 valence electrons. The zero-order valence-electron chi connectivity index (χ0n) is 12.4. The summed E-state index contributed by atoms with van der Waals surface area (Å²) in [4.78, 5) is 0. The molecule has 0 aliphatic rings. The zero-order valence-corrected chi connectivity index (χ0v) is 12.4. The maximum atomic E-state index is 12.9. The third-order valence-corrected chi connectivity index (χ3v) is 3.08. The minimum atomic E-state index is -4.60. The number of alkyl halides is 3. The molecule has 2 rings (SSSR count). The van der Waals surface area contributed by atoms with Gasteiger partial charge in [0.05, 0.1) is 23.8 Å². The highest BCUT2D eigenvalue weighted by Crippen LogP contribution is 2.34. The predicted molar refractivity (Wildman–Crippen MR) is 78.1 cm³/mol. The number of hydrogen-bond acceptors (Lipinski definition) is 3. The average Bonchev–Trinajstić information content (AvgIpc) is 2.53. The number of hydrogen-bond donors (Lipinski definition) is 0. The van der Waals surface area contributed by atoms with Crippen LogP contribution in [0, 0.1) is 11.3 Å². The maximum absolute atomic E-state index is 12.9. The fraction of sp³-hybridized carbons (Fsp3) is 0.235. The Bertz CT molecular complexity index is 721. The van der Waals surface area contributed by atoms with Crippen molar-refractivity contribution in [1.29, 1.82) is 5.26 Å². The second kappa shape index (κ2) is 7.05. The minimum Gasteiger partial charge on any atom is -0.493 e. The Labute approximate surface area is 131 Å². The van der Waals surface area contributed by atoms with Crippen LogP contribution in [0.15, 0.2) is 42.5 Å². The van der Waals surface area contributed by atoms with Crippen molar-refractivity contribution in [2.45, 2.75) is 19.7 Å². The Morgan fingerprint density at radius 3 is 2.48 bits per heavy atom.